The van der Waals surface area contributed by atoms with Crippen molar-refractivity contribution in [2.24, 2.45) is 17.8 Å². The molecule has 11 nitrogen and oxygen atoms in total. The van der Waals surface area contributed by atoms with Crippen molar-refractivity contribution < 1.29 is 29.4 Å². The van der Waals surface area contributed by atoms with Crippen molar-refractivity contribution in [3.8, 4) is 11.1 Å². The lowest BCUT2D eigenvalue weighted by Gasteiger charge is -2.40. The summed E-state index contributed by atoms with van der Waals surface area (Å²) < 4.78 is 0. The van der Waals surface area contributed by atoms with Crippen molar-refractivity contribution in [1.82, 2.24) is 25.4 Å². The maximum Gasteiger partial charge on any atom is 0.306 e. The van der Waals surface area contributed by atoms with Crippen molar-refractivity contribution in [3.63, 3.8) is 0 Å². The Bertz CT molecular complexity index is 1990. The number of aliphatic hydroxyl groups is 1. The van der Waals surface area contributed by atoms with Crippen LogP contribution in [0, 0.1) is 17.8 Å². The Morgan fingerprint density at radius 1 is 0.867 bits per heavy atom. The molecule has 0 saturated carbocycles. The number of carboxylic acids is 1. The molecule has 3 aromatic carbocycles. The SMILES string of the molecule is CCC(C)C(NC(=O)C1CCCCN1C)C(=O)N(Cc1ccccc1)[C@H](C[C@@H](O)c1nc(C(=O)N[C@@H](Cc2ccc(-c3ccccc3)cc2)C[C@H](C)C(=O)O)cs1)C(C)C. The minimum atomic E-state index is -1.09. The first-order valence-electron chi connectivity index (χ1n) is 21.4. The van der Waals surface area contributed by atoms with Gasteiger partial charge in [-0.1, -0.05) is 132 Å². The fourth-order valence-corrected chi connectivity index (χ4v) is 8.82. The molecule has 1 aromatic heterocycles. The van der Waals surface area contributed by atoms with Crippen molar-refractivity contribution >= 4 is 35.0 Å². The third-order valence-electron chi connectivity index (χ3n) is 11.9. The molecule has 3 amide bonds. The Hall–Kier alpha value is -4.91. The Kier molecular flexibility index (Phi) is 17.0. The highest BCUT2D eigenvalue weighted by Gasteiger charge is 2.38. The molecule has 1 fully saturated rings. The summed E-state index contributed by atoms with van der Waals surface area (Å²) in [6.45, 7) is 10.8. The van der Waals surface area contributed by atoms with E-state index in [1.54, 1.807) is 12.3 Å². The van der Waals surface area contributed by atoms with E-state index >= 15 is 0 Å². The standard InChI is InChI=1S/C48H63N5O6S/c1-7-32(4)43(51-45(56)40-20-14-15-25-52(40)6)47(57)53(29-35-16-10-8-11-17-35)41(31(2)3)28-42(54)46-50-39(30-60-46)44(55)49-38(26-33(5)48(58)59)27-34-21-23-37(24-22-34)36-18-12-9-13-19-36/h8-13,16-19,21-24,30-33,38,40-43,54H,7,14-15,20,25-29H2,1-6H3,(H,49,55)(H,51,56)(H,58,59)/t32?,33-,38+,40?,41+,42+,43?/m0/s1. The highest BCUT2D eigenvalue weighted by molar-refractivity contribution is 7.09. The minimum absolute atomic E-state index is 0.0773. The van der Waals surface area contributed by atoms with Crippen LogP contribution in [0.4, 0.5) is 0 Å². The smallest absolute Gasteiger partial charge is 0.306 e. The normalized spacial score (nSPS) is 17.5. The summed E-state index contributed by atoms with van der Waals surface area (Å²) in [6.07, 6.45) is 3.16. The molecule has 2 heterocycles. The number of hydrogen-bond donors (Lipinski definition) is 4. The zero-order valence-electron chi connectivity index (χ0n) is 35.9. The second-order valence-electron chi connectivity index (χ2n) is 16.9. The fourth-order valence-electron chi connectivity index (χ4n) is 8.02. The number of rotatable bonds is 20. The summed E-state index contributed by atoms with van der Waals surface area (Å²) >= 11 is 1.17. The van der Waals surface area contributed by atoms with Crippen molar-refractivity contribution in [1.29, 1.82) is 0 Å². The van der Waals surface area contributed by atoms with Gasteiger partial charge in [-0.2, -0.15) is 0 Å². The van der Waals surface area contributed by atoms with Gasteiger partial charge in [0.05, 0.1) is 12.0 Å². The zero-order valence-corrected chi connectivity index (χ0v) is 36.7. The van der Waals surface area contributed by atoms with Crippen molar-refractivity contribution in [2.45, 2.75) is 116 Å². The van der Waals surface area contributed by atoms with Crippen LogP contribution in [0.2, 0.25) is 0 Å². The predicted molar refractivity (Wildman–Crippen MR) is 237 cm³/mol. The van der Waals surface area contributed by atoms with E-state index in [4.69, 9.17) is 0 Å². The zero-order chi connectivity index (χ0) is 43.3. The molecule has 0 bridgehead atoms. The minimum Gasteiger partial charge on any atom is -0.481 e. The van der Waals surface area contributed by atoms with E-state index in [2.05, 4.69) is 20.5 Å². The molecule has 1 aliphatic heterocycles. The average Bonchev–Trinajstić information content (AvgIpc) is 3.75. The van der Waals surface area contributed by atoms with Gasteiger partial charge in [-0.3, -0.25) is 24.1 Å². The maximum atomic E-state index is 14.9. The molecular weight excluding hydrogens is 775 g/mol. The summed E-state index contributed by atoms with van der Waals surface area (Å²) in [5, 5.41) is 29.6. The van der Waals surface area contributed by atoms with Gasteiger partial charge in [-0.15, -0.1) is 11.3 Å². The lowest BCUT2D eigenvalue weighted by atomic mass is 9.91. The summed E-state index contributed by atoms with van der Waals surface area (Å²) in [7, 11) is 1.96. The van der Waals surface area contributed by atoms with E-state index < -0.39 is 42.0 Å². The number of carboxylic acid groups (broad SMARTS) is 1. The molecule has 5 rings (SSSR count). The van der Waals surface area contributed by atoms with Gasteiger partial charge in [0.1, 0.15) is 22.8 Å². The number of aliphatic hydroxyl groups excluding tert-OH is 1. The van der Waals surface area contributed by atoms with Crippen LogP contribution < -0.4 is 10.6 Å². The topological polar surface area (TPSA) is 152 Å². The molecule has 60 heavy (non-hydrogen) atoms. The number of thiazole rings is 1. The van der Waals surface area contributed by atoms with Crippen molar-refractivity contribution in [2.75, 3.05) is 13.6 Å². The predicted octanol–water partition coefficient (Wildman–Crippen LogP) is 7.75. The lowest BCUT2D eigenvalue weighted by molar-refractivity contribution is -0.143. The average molecular weight is 838 g/mol. The van der Waals surface area contributed by atoms with Gasteiger partial charge in [0.25, 0.3) is 5.91 Å². The summed E-state index contributed by atoms with van der Waals surface area (Å²) in [5.41, 5.74) is 4.17. The molecule has 1 aliphatic rings. The molecule has 4 aromatic rings. The lowest BCUT2D eigenvalue weighted by Crippen LogP contribution is -2.58. The number of carbonyl (C=O) groups is 4. The van der Waals surface area contributed by atoms with E-state index in [1.165, 1.54) is 11.3 Å². The number of aliphatic carboxylic acids is 1. The van der Waals surface area contributed by atoms with E-state index in [1.807, 2.05) is 125 Å². The van der Waals surface area contributed by atoms with Gasteiger partial charge in [0.15, 0.2) is 0 Å². The molecule has 3 unspecified atom stereocenters. The number of hydrogen-bond acceptors (Lipinski definition) is 8. The number of likely N-dealkylation sites (tertiary alicyclic amines) is 1. The van der Waals surface area contributed by atoms with Crippen LogP contribution in [0.15, 0.2) is 90.3 Å². The third kappa shape index (κ3) is 12.6. The van der Waals surface area contributed by atoms with E-state index in [-0.39, 0.29) is 54.8 Å². The maximum absolute atomic E-state index is 14.9. The van der Waals surface area contributed by atoms with Crippen LogP contribution in [-0.4, -0.2) is 86.4 Å². The monoisotopic (exact) mass is 837 g/mol. The molecule has 0 aliphatic carbocycles. The van der Waals surface area contributed by atoms with Gasteiger partial charge in [0.2, 0.25) is 11.8 Å². The van der Waals surface area contributed by atoms with Crippen LogP contribution in [0.3, 0.4) is 0 Å². The number of nitrogens with one attached hydrogen (secondary N) is 2. The molecular formula is C48H63N5O6S. The largest absolute Gasteiger partial charge is 0.481 e. The van der Waals surface area contributed by atoms with Gasteiger partial charge in [-0.25, -0.2) is 4.98 Å². The number of piperidine rings is 1. The number of nitrogens with zero attached hydrogens (tertiary/aromatic N) is 3. The van der Waals surface area contributed by atoms with Crippen LogP contribution in [0.5, 0.6) is 0 Å². The summed E-state index contributed by atoms with van der Waals surface area (Å²) in [4.78, 5) is 62.6. The van der Waals surface area contributed by atoms with Gasteiger partial charge in [-0.05, 0) is 73.4 Å². The fraction of sp³-hybridized carbons (Fsp3) is 0.479. The second kappa shape index (κ2) is 22.1. The van der Waals surface area contributed by atoms with Gasteiger partial charge in [0, 0.05) is 30.4 Å². The van der Waals surface area contributed by atoms with Crippen molar-refractivity contribution in [3.05, 3.63) is 112 Å². The molecule has 7 atom stereocenters. The first-order valence-corrected chi connectivity index (χ1v) is 22.3. The number of amides is 3. The number of aromatic nitrogens is 1. The molecule has 4 N–H and O–H groups in total. The molecule has 0 spiro atoms. The highest BCUT2D eigenvalue weighted by atomic mass is 32.1. The molecule has 322 valence electrons. The van der Waals surface area contributed by atoms with Crippen LogP contribution in [0.25, 0.3) is 11.1 Å². The van der Waals surface area contributed by atoms with E-state index in [0.717, 1.165) is 48.1 Å². The number of benzene rings is 3. The molecule has 0 radical (unpaired) electrons. The van der Waals surface area contributed by atoms with Gasteiger partial charge < -0.3 is 25.7 Å². The quantitative estimate of drug-likeness (QED) is 0.0706. The number of likely N-dealkylation sites (N-methyl/N-ethyl adjacent to an activating group) is 1. The van der Waals surface area contributed by atoms with E-state index in [9.17, 15) is 29.4 Å². The Labute approximate surface area is 359 Å². The highest BCUT2D eigenvalue weighted by Crippen LogP contribution is 2.30. The molecule has 12 heteroatoms. The van der Waals surface area contributed by atoms with Crippen LogP contribution in [0.1, 0.15) is 106 Å². The summed E-state index contributed by atoms with van der Waals surface area (Å²) in [6, 6.07) is 25.8. The second-order valence-corrected chi connectivity index (χ2v) is 17.8. The Morgan fingerprint density at radius 3 is 2.13 bits per heavy atom. The van der Waals surface area contributed by atoms with Gasteiger partial charge >= 0.3 is 5.97 Å². The number of carbonyl (C=O) groups excluding carboxylic acids is 3. The van der Waals surface area contributed by atoms with E-state index in [0.29, 0.717) is 17.8 Å². The first-order chi connectivity index (χ1) is 28.7. The Balaban J connectivity index is 1.33. The van der Waals surface area contributed by atoms with Crippen LogP contribution >= 0.6 is 11.3 Å². The Morgan fingerprint density at radius 2 is 1.52 bits per heavy atom. The summed E-state index contributed by atoms with van der Waals surface area (Å²) in [5.74, 6) is -2.63. The molecule has 1 saturated heterocycles. The third-order valence-corrected chi connectivity index (χ3v) is 12.9. The van der Waals surface area contributed by atoms with Crippen LogP contribution in [-0.2, 0) is 27.3 Å². The first kappa shape index (κ1) is 46.2.